The molecule has 0 aromatic heterocycles. The van der Waals surface area contributed by atoms with Gasteiger partial charge in [0.05, 0.1) is 5.57 Å². The Morgan fingerprint density at radius 1 is 1.00 bits per heavy atom. The van der Waals surface area contributed by atoms with Gasteiger partial charge in [0.15, 0.2) is 5.11 Å². The summed E-state index contributed by atoms with van der Waals surface area (Å²) in [5.74, 6) is -0.609. The number of carbonyl (C=O) groups is 1. The van der Waals surface area contributed by atoms with Gasteiger partial charge in [-0.05, 0) is 43.4 Å². The van der Waals surface area contributed by atoms with Crippen LogP contribution in [-0.4, -0.2) is 22.3 Å². The van der Waals surface area contributed by atoms with E-state index in [1.807, 2.05) is 36.4 Å². The van der Waals surface area contributed by atoms with Crippen LogP contribution < -0.4 is 10.6 Å². The SMILES string of the molecule is C/C(O)=C(\C=N\C(=S)Nc1ccccc1)C(=O)Nc1ccccc1. The minimum absolute atomic E-state index is 0.0380. The first-order valence-electron chi connectivity index (χ1n) is 7.22. The second-order valence-electron chi connectivity index (χ2n) is 4.87. The number of anilines is 2. The van der Waals surface area contributed by atoms with Gasteiger partial charge in [0.1, 0.15) is 5.76 Å². The van der Waals surface area contributed by atoms with Crippen LogP contribution in [0.15, 0.2) is 77.0 Å². The maximum Gasteiger partial charge on any atom is 0.260 e. The van der Waals surface area contributed by atoms with Crippen LogP contribution >= 0.6 is 12.2 Å². The van der Waals surface area contributed by atoms with E-state index >= 15 is 0 Å². The van der Waals surface area contributed by atoms with E-state index in [1.54, 1.807) is 24.3 Å². The molecule has 24 heavy (non-hydrogen) atoms. The van der Waals surface area contributed by atoms with Crippen molar-refractivity contribution < 1.29 is 9.90 Å². The monoisotopic (exact) mass is 339 g/mol. The summed E-state index contributed by atoms with van der Waals surface area (Å²) in [4.78, 5) is 16.3. The second kappa shape index (κ2) is 8.59. The highest BCUT2D eigenvalue weighted by atomic mass is 32.1. The zero-order valence-electron chi connectivity index (χ0n) is 13.1. The van der Waals surface area contributed by atoms with Gasteiger partial charge in [0.2, 0.25) is 0 Å². The van der Waals surface area contributed by atoms with Crippen LogP contribution in [0.3, 0.4) is 0 Å². The lowest BCUT2D eigenvalue weighted by atomic mass is 10.2. The topological polar surface area (TPSA) is 73.7 Å². The number of hydrogen-bond acceptors (Lipinski definition) is 3. The summed E-state index contributed by atoms with van der Waals surface area (Å²) in [6.45, 7) is 1.42. The largest absolute Gasteiger partial charge is 0.512 e. The molecule has 2 aromatic carbocycles. The number of allylic oxidation sites excluding steroid dienone is 1. The number of amides is 1. The van der Waals surface area contributed by atoms with Crippen LogP contribution in [-0.2, 0) is 4.79 Å². The molecule has 0 atom stereocenters. The maximum atomic E-state index is 12.2. The summed E-state index contributed by atoms with van der Waals surface area (Å²) in [7, 11) is 0. The molecular weight excluding hydrogens is 322 g/mol. The van der Waals surface area contributed by atoms with E-state index in [1.165, 1.54) is 13.1 Å². The van der Waals surface area contributed by atoms with E-state index in [0.29, 0.717) is 5.69 Å². The number of nitrogens with zero attached hydrogens (tertiary/aromatic N) is 1. The van der Waals surface area contributed by atoms with Gasteiger partial charge < -0.3 is 15.7 Å². The van der Waals surface area contributed by atoms with Crippen LogP contribution in [0.25, 0.3) is 0 Å². The summed E-state index contributed by atoms with van der Waals surface area (Å²) in [6, 6.07) is 18.3. The molecule has 0 aliphatic heterocycles. The van der Waals surface area contributed by atoms with Crippen molar-refractivity contribution in [2.24, 2.45) is 4.99 Å². The number of para-hydroxylation sites is 2. The Kier molecular flexibility index (Phi) is 6.22. The number of nitrogens with one attached hydrogen (secondary N) is 2. The molecule has 6 heteroatoms. The number of thiocarbonyl (C=S) groups is 1. The molecule has 0 spiro atoms. The molecule has 0 fully saturated rings. The standard InChI is InChI=1S/C18H17N3O2S/c1-13(22)16(17(23)20-14-8-4-2-5-9-14)12-19-18(24)21-15-10-6-3-7-11-15/h2-12,22H,1H3,(H,20,23)(H,21,24)/b16-13-,19-12+. The Hall–Kier alpha value is -2.99. The van der Waals surface area contributed by atoms with Gasteiger partial charge in [-0.2, -0.15) is 0 Å². The first-order chi connectivity index (χ1) is 11.6. The van der Waals surface area contributed by atoms with Gasteiger partial charge in [-0.3, -0.25) is 4.79 Å². The first kappa shape index (κ1) is 17.4. The Labute approximate surface area is 145 Å². The lowest BCUT2D eigenvalue weighted by Crippen LogP contribution is -2.17. The van der Waals surface area contributed by atoms with Crippen LogP contribution in [0.5, 0.6) is 0 Å². The van der Waals surface area contributed by atoms with Crippen LogP contribution in [0.1, 0.15) is 6.92 Å². The Morgan fingerprint density at radius 2 is 1.50 bits per heavy atom. The van der Waals surface area contributed by atoms with Crippen LogP contribution in [0, 0.1) is 0 Å². The Morgan fingerprint density at radius 3 is 2.00 bits per heavy atom. The first-order valence-corrected chi connectivity index (χ1v) is 7.63. The molecule has 2 rings (SSSR count). The quantitative estimate of drug-likeness (QED) is 0.342. The summed E-state index contributed by atoms with van der Waals surface area (Å²) in [6.07, 6.45) is 1.24. The minimum Gasteiger partial charge on any atom is -0.512 e. The van der Waals surface area contributed by atoms with Gasteiger partial charge in [0.25, 0.3) is 5.91 Å². The molecule has 0 saturated carbocycles. The molecule has 0 unspecified atom stereocenters. The van der Waals surface area contributed by atoms with Crippen molar-refractivity contribution in [2.75, 3.05) is 10.6 Å². The van der Waals surface area contributed by atoms with Gasteiger partial charge in [-0.1, -0.05) is 36.4 Å². The molecule has 5 nitrogen and oxygen atoms in total. The average Bonchev–Trinajstić information content (AvgIpc) is 2.56. The molecular formula is C18H17N3O2S. The third kappa shape index (κ3) is 5.33. The molecule has 2 aromatic rings. The summed E-state index contributed by atoms with van der Waals surface area (Å²) in [5, 5.41) is 15.5. The second-order valence-corrected chi connectivity index (χ2v) is 5.26. The number of carbonyl (C=O) groups excluding carboxylic acids is 1. The predicted octanol–water partition coefficient (Wildman–Crippen LogP) is 3.92. The van der Waals surface area contributed by atoms with Crippen molar-refractivity contribution in [1.82, 2.24) is 0 Å². The fourth-order valence-corrected chi connectivity index (χ4v) is 2.01. The van der Waals surface area contributed by atoms with E-state index in [0.717, 1.165) is 5.69 Å². The van der Waals surface area contributed by atoms with E-state index in [9.17, 15) is 9.90 Å². The van der Waals surface area contributed by atoms with Crippen molar-refractivity contribution in [3.8, 4) is 0 Å². The van der Waals surface area contributed by atoms with Crippen LogP contribution in [0.2, 0.25) is 0 Å². The smallest absolute Gasteiger partial charge is 0.260 e. The molecule has 0 radical (unpaired) electrons. The fourth-order valence-electron chi connectivity index (χ4n) is 1.84. The average molecular weight is 339 g/mol. The molecule has 1 amide bonds. The molecule has 122 valence electrons. The van der Waals surface area contributed by atoms with Gasteiger partial charge >= 0.3 is 0 Å². The van der Waals surface area contributed by atoms with Gasteiger partial charge in [-0.25, -0.2) is 4.99 Å². The number of rotatable bonds is 4. The number of aliphatic hydroxyl groups is 1. The third-order valence-electron chi connectivity index (χ3n) is 3.00. The maximum absolute atomic E-state index is 12.2. The third-order valence-corrected chi connectivity index (χ3v) is 3.21. The molecule has 3 N–H and O–H groups in total. The van der Waals surface area contributed by atoms with Crippen molar-refractivity contribution in [3.05, 3.63) is 72.0 Å². The highest BCUT2D eigenvalue weighted by molar-refractivity contribution is 7.80. The van der Waals surface area contributed by atoms with Gasteiger partial charge in [-0.15, -0.1) is 0 Å². The summed E-state index contributed by atoms with van der Waals surface area (Å²) >= 11 is 5.11. The van der Waals surface area contributed by atoms with Gasteiger partial charge in [0, 0.05) is 17.6 Å². The summed E-state index contributed by atoms with van der Waals surface area (Å²) < 4.78 is 0. The number of aliphatic imine (C=N–C) groups is 1. The number of benzene rings is 2. The molecule has 0 aliphatic carbocycles. The lowest BCUT2D eigenvalue weighted by Gasteiger charge is -2.07. The normalized spacial score (nSPS) is 11.7. The molecule has 0 saturated heterocycles. The predicted molar refractivity (Wildman–Crippen MR) is 102 cm³/mol. The Balaban J connectivity index is 2.04. The van der Waals surface area contributed by atoms with Crippen molar-refractivity contribution in [2.45, 2.75) is 6.92 Å². The molecule has 0 bridgehead atoms. The van der Waals surface area contributed by atoms with E-state index in [-0.39, 0.29) is 16.4 Å². The highest BCUT2D eigenvalue weighted by Gasteiger charge is 2.11. The van der Waals surface area contributed by atoms with Crippen molar-refractivity contribution in [3.63, 3.8) is 0 Å². The van der Waals surface area contributed by atoms with E-state index in [2.05, 4.69) is 15.6 Å². The van der Waals surface area contributed by atoms with Crippen molar-refractivity contribution in [1.29, 1.82) is 0 Å². The molecule has 0 aliphatic rings. The van der Waals surface area contributed by atoms with E-state index in [4.69, 9.17) is 12.2 Å². The van der Waals surface area contributed by atoms with Crippen molar-refractivity contribution >= 4 is 40.8 Å². The Bertz CT molecular complexity index is 767. The minimum atomic E-state index is -0.465. The zero-order valence-corrected chi connectivity index (χ0v) is 13.9. The van der Waals surface area contributed by atoms with Crippen LogP contribution in [0.4, 0.5) is 11.4 Å². The zero-order chi connectivity index (χ0) is 17.4. The lowest BCUT2D eigenvalue weighted by molar-refractivity contribution is -0.112. The summed E-state index contributed by atoms with van der Waals surface area (Å²) in [5.41, 5.74) is 1.45. The van der Waals surface area contributed by atoms with E-state index < -0.39 is 5.91 Å². The molecule has 0 heterocycles. The fraction of sp³-hybridized carbons (Fsp3) is 0.0556. The highest BCUT2D eigenvalue weighted by Crippen LogP contribution is 2.09. The number of aliphatic hydroxyl groups excluding tert-OH is 1. The number of hydrogen-bond donors (Lipinski definition) is 3.